The average molecular weight is 428 g/mol. The van der Waals surface area contributed by atoms with E-state index in [9.17, 15) is 19.2 Å². The Labute approximate surface area is 180 Å². The summed E-state index contributed by atoms with van der Waals surface area (Å²) in [7, 11) is 0. The highest BCUT2D eigenvalue weighted by Crippen LogP contribution is 2.32. The summed E-state index contributed by atoms with van der Waals surface area (Å²) < 4.78 is 5.13. The Morgan fingerprint density at radius 3 is 2.68 bits per heavy atom. The third-order valence-corrected chi connectivity index (χ3v) is 7.18. The van der Waals surface area contributed by atoms with Crippen molar-refractivity contribution in [3.63, 3.8) is 0 Å². The van der Waals surface area contributed by atoms with E-state index < -0.39 is 12.1 Å². The summed E-state index contributed by atoms with van der Waals surface area (Å²) in [6.07, 6.45) is 7.38. The maximum Gasteiger partial charge on any atom is 0.287 e. The molecule has 5 rings (SSSR count). The Balaban J connectivity index is 1.32. The smallest absolute Gasteiger partial charge is 0.287 e. The van der Waals surface area contributed by atoms with Crippen molar-refractivity contribution in [2.75, 3.05) is 13.1 Å². The van der Waals surface area contributed by atoms with E-state index >= 15 is 0 Å². The minimum absolute atomic E-state index is 0.0195. The first-order chi connectivity index (χ1) is 15.0. The zero-order valence-electron chi connectivity index (χ0n) is 17.4. The van der Waals surface area contributed by atoms with Crippen LogP contribution in [0.5, 0.6) is 0 Å². The fourth-order valence-electron chi connectivity index (χ4n) is 5.63. The van der Waals surface area contributed by atoms with Gasteiger partial charge in [0, 0.05) is 25.0 Å². The lowest BCUT2D eigenvalue weighted by molar-refractivity contribution is -0.147. The molecular weight excluding hydrogens is 400 g/mol. The molecule has 9 nitrogen and oxygen atoms in total. The first kappa shape index (κ1) is 20.1. The number of amides is 4. The molecule has 166 valence electrons. The predicted octanol–water partition coefficient (Wildman–Crippen LogP) is 0.659. The lowest BCUT2D eigenvalue weighted by Crippen LogP contribution is -2.53. The van der Waals surface area contributed by atoms with Gasteiger partial charge in [0.1, 0.15) is 12.1 Å². The molecular formula is C22H28N4O5. The molecule has 0 aromatic carbocycles. The maximum atomic E-state index is 13.5. The Morgan fingerprint density at radius 2 is 1.94 bits per heavy atom. The van der Waals surface area contributed by atoms with E-state index in [1.165, 1.54) is 6.26 Å². The summed E-state index contributed by atoms with van der Waals surface area (Å²) in [4.78, 5) is 55.2. The molecule has 3 aliphatic heterocycles. The molecule has 1 aromatic heterocycles. The minimum Gasteiger partial charge on any atom is -0.459 e. The van der Waals surface area contributed by atoms with Gasteiger partial charge >= 0.3 is 0 Å². The number of hydrogen-bond donors (Lipinski definition) is 2. The van der Waals surface area contributed by atoms with Gasteiger partial charge in [0.15, 0.2) is 5.76 Å². The van der Waals surface area contributed by atoms with Gasteiger partial charge in [0.05, 0.1) is 12.3 Å². The van der Waals surface area contributed by atoms with Crippen LogP contribution in [0.2, 0.25) is 0 Å². The van der Waals surface area contributed by atoms with Crippen LogP contribution in [0, 0.1) is 5.92 Å². The van der Waals surface area contributed by atoms with Crippen LogP contribution in [0.4, 0.5) is 0 Å². The van der Waals surface area contributed by atoms with Crippen molar-refractivity contribution in [2.24, 2.45) is 5.92 Å². The van der Waals surface area contributed by atoms with Gasteiger partial charge in [-0.2, -0.15) is 0 Å². The Morgan fingerprint density at radius 1 is 1.13 bits per heavy atom. The van der Waals surface area contributed by atoms with Crippen molar-refractivity contribution >= 4 is 23.6 Å². The molecule has 4 amide bonds. The number of fused-ring (bicyclic) bond motifs is 2. The number of hydrogen-bond acceptors (Lipinski definition) is 5. The van der Waals surface area contributed by atoms with Crippen molar-refractivity contribution in [2.45, 2.75) is 69.1 Å². The first-order valence-corrected chi connectivity index (χ1v) is 11.3. The zero-order chi connectivity index (χ0) is 21.5. The van der Waals surface area contributed by atoms with Gasteiger partial charge in [-0.25, -0.2) is 0 Å². The van der Waals surface area contributed by atoms with Gasteiger partial charge in [-0.3, -0.25) is 19.2 Å². The van der Waals surface area contributed by atoms with Crippen LogP contribution in [0.25, 0.3) is 0 Å². The molecule has 0 spiro atoms. The highest BCUT2D eigenvalue weighted by molar-refractivity contribution is 5.97. The molecule has 3 saturated heterocycles. The van der Waals surface area contributed by atoms with E-state index in [4.69, 9.17) is 4.42 Å². The summed E-state index contributed by atoms with van der Waals surface area (Å²) in [6.45, 7) is 0.742. The van der Waals surface area contributed by atoms with Crippen LogP contribution in [0.15, 0.2) is 22.8 Å². The number of carbonyl (C=O) groups is 4. The number of furan rings is 1. The van der Waals surface area contributed by atoms with Crippen LogP contribution in [-0.4, -0.2) is 70.7 Å². The van der Waals surface area contributed by atoms with Crippen LogP contribution < -0.4 is 10.6 Å². The van der Waals surface area contributed by atoms with E-state index in [-0.39, 0.29) is 53.9 Å². The van der Waals surface area contributed by atoms with Gasteiger partial charge in [-0.05, 0) is 37.8 Å². The molecule has 1 saturated carbocycles. The molecule has 1 aromatic rings. The highest BCUT2D eigenvalue weighted by atomic mass is 16.3. The number of nitrogens with zero attached hydrogens (tertiary/aromatic N) is 2. The fraction of sp³-hybridized carbons (Fsp3) is 0.636. The quantitative estimate of drug-likeness (QED) is 0.735. The largest absolute Gasteiger partial charge is 0.459 e. The molecule has 4 atom stereocenters. The molecule has 4 unspecified atom stereocenters. The van der Waals surface area contributed by atoms with Crippen molar-refractivity contribution in [1.29, 1.82) is 0 Å². The third kappa shape index (κ3) is 3.59. The number of likely N-dealkylation sites (tertiary alicyclic amines) is 1. The third-order valence-electron chi connectivity index (χ3n) is 7.18. The highest BCUT2D eigenvalue weighted by Gasteiger charge is 2.53. The zero-order valence-corrected chi connectivity index (χ0v) is 17.4. The Bertz CT molecular complexity index is 878. The summed E-state index contributed by atoms with van der Waals surface area (Å²) in [5, 5.41) is 5.86. The van der Waals surface area contributed by atoms with Gasteiger partial charge in [-0.1, -0.05) is 19.3 Å². The van der Waals surface area contributed by atoms with Crippen LogP contribution in [0.3, 0.4) is 0 Å². The first-order valence-electron chi connectivity index (χ1n) is 11.3. The summed E-state index contributed by atoms with van der Waals surface area (Å²) >= 11 is 0. The van der Waals surface area contributed by atoms with E-state index in [2.05, 4.69) is 10.6 Å². The van der Waals surface area contributed by atoms with E-state index in [0.717, 1.165) is 32.1 Å². The van der Waals surface area contributed by atoms with Gasteiger partial charge in [-0.15, -0.1) is 0 Å². The second-order valence-electron chi connectivity index (χ2n) is 9.10. The molecule has 31 heavy (non-hydrogen) atoms. The van der Waals surface area contributed by atoms with Gasteiger partial charge < -0.3 is 24.9 Å². The fourth-order valence-corrected chi connectivity index (χ4v) is 5.63. The van der Waals surface area contributed by atoms with Crippen molar-refractivity contribution < 1.29 is 23.6 Å². The SMILES string of the molecule is O=C(NC1CC2C(=O)NC3CCN(C(=O)C4CCCCC4)C3C(=O)N2C1)c1ccco1. The molecule has 0 bridgehead atoms. The Hall–Kier alpha value is -2.84. The van der Waals surface area contributed by atoms with Crippen LogP contribution in [0.1, 0.15) is 55.5 Å². The van der Waals surface area contributed by atoms with E-state index in [1.54, 1.807) is 21.9 Å². The van der Waals surface area contributed by atoms with Crippen molar-refractivity contribution in [1.82, 2.24) is 20.4 Å². The molecule has 4 heterocycles. The number of carbonyl (C=O) groups excluding carboxylic acids is 4. The van der Waals surface area contributed by atoms with Crippen molar-refractivity contribution in [3.8, 4) is 0 Å². The molecule has 9 heteroatoms. The molecule has 4 aliphatic rings. The number of rotatable bonds is 3. The van der Waals surface area contributed by atoms with Gasteiger partial charge in [0.25, 0.3) is 5.91 Å². The average Bonchev–Trinajstić information content (AvgIpc) is 3.52. The second kappa shape index (κ2) is 8.01. The maximum absolute atomic E-state index is 13.5. The lowest BCUT2D eigenvalue weighted by atomic mass is 9.88. The summed E-state index contributed by atoms with van der Waals surface area (Å²) in [5.41, 5.74) is 0. The normalized spacial score (nSPS) is 31.1. The predicted molar refractivity (Wildman–Crippen MR) is 109 cm³/mol. The van der Waals surface area contributed by atoms with Crippen molar-refractivity contribution in [3.05, 3.63) is 24.2 Å². The molecule has 2 N–H and O–H groups in total. The molecule has 4 fully saturated rings. The second-order valence-corrected chi connectivity index (χ2v) is 9.10. The van der Waals surface area contributed by atoms with Gasteiger partial charge in [0.2, 0.25) is 17.7 Å². The minimum atomic E-state index is -0.650. The standard InChI is InChI=1S/C22H28N4O5/c27-19-16-11-14(23-20(28)17-7-4-10-31-17)12-26(16)22(30)18-15(24-19)8-9-25(18)21(29)13-5-2-1-3-6-13/h4,7,10,13-16,18H,1-3,5-6,8-9,11-12H2,(H,23,28)(H,24,27). The number of nitrogens with one attached hydrogen (secondary N) is 2. The van der Waals surface area contributed by atoms with Crippen LogP contribution in [-0.2, 0) is 14.4 Å². The summed E-state index contributed by atoms with van der Waals surface area (Å²) in [5.74, 6) is -0.539. The summed E-state index contributed by atoms with van der Waals surface area (Å²) in [6, 6.07) is 1.23. The Kier molecular flexibility index (Phi) is 5.19. The molecule has 0 radical (unpaired) electrons. The molecule has 1 aliphatic carbocycles. The van der Waals surface area contributed by atoms with Crippen LogP contribution >= 0.6 is 0 Å². The van der Waals surface area contributed by atoms with E-state index in [0.29, 0.717) is 19.4 Å². The van der Waals surface area contributed by atoms with E-state index in [1.807, 2.05) is 0 Å². The topological polar surface area (TPSA) is 112 Å². The lowest BCUT2D eigenvalue weighted by Gasteiger charge is -2.32. The monoisotopic (exact) mass is 428 g/mol.